The molecule has 0 aromatic rings. The molecule has 1 unspecified atom stereocenters. The highest BCUT2D eigenvalue weighted by atomic mass is 127. The molecule has 0 aliphatic heterocycles. The van der Waals surface area contributed by atoms with Crippen molar-refractivity contribution in [1.82, 2.24) is 0 Å². The van der Waals surface area contributed by atoms with E-state index in [1.165, 1.54) is 10.8 Å². The van der Waals surface area contributed by atoms with Crippen LogP contribution in [0, 0.1) is 0 Å². The molecule has 0 amide bonds. The number of rotatable bonds is 2. The molecule has 0 spiro atoms. The van der Waals surface area contributed by atoms with Crippen molar-refractivity contribution in [2.75, 3.05) is 4.43 Å². The van der Waals surface area contributed by atoms with Crippen molar-refractivity contribution in [3.63, 3.8) is 0 Å². The number of hydrogen-bond acceptors (Lipinski definition) is 0. The quantitative estimate of drug-likeness (QED) is 0.543. The minimum Gasteiger partial charge on any atom is -0.0863 e. The molecule has 0 radical (unpaired) electrons. The lowest BCUT2D eigenvalue weighted by molar-refractivity contribution is 0.962. The fourth-order valence-electron chi connectivity index (χ4n) is 0.150. The normalized spacial score (nSPS) is 14.5. The van der Waals surface area contributed by atoms with Crippen molar-refractivity contribution < 1.29 is 0 Å². The Hall–Kier alpha value is 1.46. The topological polar surface area (TPSA) is 0 Å². The van der Waals surface area contributed by atoms with Gasteiger partial charge in [0.15, 0.2) is 0 Å². The lowest BCUT2D eigenvalue weighted by Crippen LogP contribution is -1.87. The highest BCUT2D eigenvalue weighted by Crippen LogP contribution is 2.04. The summed E-state index contributed by atoms with van der Waals surface area (Å²) in [6, 6.07) is 0. The van der Waals surface area contributed by atoms with Crippen LogP contribution in [0.1, 0.15) is 13.3 Å². The fraction of sp³-hybridized carbons (Fsp3) is 1.00. The van der Waals surface area contributed by atoms with Crippen LogP contribution in [0.15, 0.2) is 0 Å². The van der Waals surface area contributed by atoms with Gasteiger partial charge in [-0.15, -0.1) is 0 Å². The maximum absolute atomic E-state index is 2.44. The Morgan fingerprint density at radius 2 is 2.17 bits per heavy atom. The van der Waals surface area contributed by atoms with Gasteiger partial charge in [0.2, 0.25) is 0 Å². The van der Waals surface area contributed by atoms with Crippen molar-refractivity contribution in [2.45, 2.75) is 17.3 Å². The fourth-order valence-corrected chi connectivity index (χ4v) is 2.59. The summed E-state index contributed by atoms with van der Waals surface area (Å²) in [5.74, 6) is 0. The summed E-state index contributed by atoms with van der Waals surface area (Å²) >= 11 is 4.84. The van der Waals surface area contributed by atoms with E-state index in [-0.39, 0.29) is 0 Å². The van der Waals surface area contributed by atoms with E-state index >= 15 is 0 Å². The van der Waals surface area contributed by atoms with Crippen LogP contribution in [-0.4, -0.2) is 8.35 Å². The van der Waals surface area contributed by atoms with Gasteiger partial charge >= 0.3 is 0 Å². The van der Waals surface area contributed by atoms with Crippen molar-refractivity contribution >= 4 is 45.2 Å². The SMILES string of the molecule is CC(I)CCI. The van der Waals surface area contributed by atoms with Crippen LogP contribution in [-0.2, 0) is 0 Å². The maximum atomic E-state index is 2.44. The largest absolute Gasteiger partial charge is 0.0863 e. The van der Waals surface area contributed by atoms with E-state index in [1.807, 2.05) is 0 Å². The molecule has 0 aromatic heterocycles. The molecule has 0 N–H and O–H groups in total. The Bertz CT molecular complexity index is 26.7. The van der Waals surface area contributed by atoms with Crippen molar-refractivity contribution in [1.29, 1.82) is 0 Å². The summed E-state index contributed by atoms with van der Waals surface area (Å²) < 4.78 is 2.15. The minimum atomic E-state index is 0.861. The molecule has 0 rings (SSSR count). The lowest BCUT2D eigenvalue weighted by Gasteiger charge is -1.92. The van der Waals surface area contributed by atoms with E-state index in [1.54, 1.807) is 0 Å². The smallest absolute Gasteiger partial charge is 0.00886 e. The molecule has 0 nitrogen and oxygen atoms in total. The maximum Gasteiger partial charge on any atom is 0.00886 e. The van der Waals surface area contributed by atoms with E-state index < -0.39 is 0 Å². The summed E-state index contributed by atoms with van der Waals surface area (Å²) in [5.41, 5.74) is 0. The summed E-state index contributed by atoms with van der Waals surface area (Å²) in [4.78, 5) is 0. The molecular formula is C4H8I2. The Labute approximate surface area is 66.4 Å². The predicted octanol–water partition coefficient (Wildman–Crippen LogP) is 2.64. The van der Waals surface area contributed by atoms with Gasteiger partial charge in [0, 0.05) is 8.35 Å². The molecule has 1 atom stereocenters. The van der Waals surface area contributed by atoms with E-state index in [0.29, 0.717) is 0 Å². The van der Waals surface area contributed by atoms with Gasteiger partial charge in [-0.1, -0.05) is 52.1 Å². The number of alkyl halides is 2. The average molecular weight is 310 g/mol. The molecule has 38 valence electrons. The lowest BCUT2D eigenvalue weighted by atomic mass is 10.4. The Morgan fingerprint density at radius 1 is 1.67 bits per heavy atom. The zero-order valence-corrected chi connectivity index (χ0v) is 8.06. The van der Waals surface area contributed by atoms with E-state index in [0.717, 1.165) is 3.92 Å². The van der Waals surface area contributed by atoms with Gasteiger partial charge in [0.05, 0.1) is 0 Å². The second-order valence-electron chi connectivity index (χ2n) is 1.26. The minimum absolute atomic E-state index is 0.861. The van der Waals surface area contributed by atoms with E-state index in [2.05, 4.69) is 52.1 Å². The van der Waals surface area contributed by atoms with Crippen LogP contribution < -0.4 is 0 Å². The van der Waals surface area contributed by atoms with Crippen LogP contribution in [0.4, 0.5) is 0 Å². The summed E-state index contributed by atoms with van der Waals surface area (Å²) in [6.45, 7) is 2.24. The third-order valence-corrected chi connectivity index (χ3v) is 1.75. The van der Waals surface area contributed by atoms with Gasteiger partial charge in [-0.3, -0.25) is 0 Å². The second kappa shape index (κ2) is 4.61. The van der Waals surface area contributed by atoms with Gasteiger partial charge in [-0.2, -0.15) is 0 Å². The first-order chi connectivity index (χ1) is 2.77. The Balaban J connectivity index is 2.63. The molecule has 6 heavy (non-hydrogen) atoms. The van der Waals surface area contributed by atoms with Crippen LogP contribution >= 0.6 is 45.2 Å². The van der Waals surface area contributed by atoms with E-state index in [4.69, 9.17) is 0 Å². The molecule has 0 bridgehead atoms. The van der Waals surface area contributed by atoms with Gasteiger partial charge in [0.1, 0.15) is 0 Å². The third-order valence-electron chi connectivity index (χ3n) is 0.507. The second-order valence-corrected chi connectivity index (χ2v) is 4.46. The van der Waals surface area contributed by atoms with Gasteiger partial charge in [-0.25, -0.2) is 0 Å². The predicted molar refractivity (Wildman–Crippen MR) is 47.0 cm³/mol. The molecule has 0 saturated heterocycles. The number of hydrogen-bond donors (Lipinski definition) is 0. The summed E-state index contributed by atoms with van der Waals surface area (Å²) in [6.07, 6.45) is 1.35. The van der Waals surface area contributed by atoms with Crippen LogP contribution in [0.3, 0.4) is 0 Å². The Kier molecular flexibility index (Phi) is 5.74. The monoisotopic (exact) mass is 310 g/mol. The standard InChI is InChI=1S/C4H8I2/c1-4(6)2-3-5/h4H,2-3H2,1H3. The third kappa shape index (κ3) is 5.46. The van der Waals surface area contributed by atoms with Crippen LogP contribution in [0.2, 0.25) is 0 Å². The van der Waals surface area contributed by atoms with Crippen molar-refractivity contribution in [3.05, 3.63) is 0 Å². The Morgan fingerprint density at radius 3 is 2.17 bits per heavy atom. The first-order valence-electron chi connectivity index (χ1n) is 1.97. The summed E-state index contributed by atoms with van der Waals surface area (Å²) in [5, 5.41) is 0. The molecule has 0 aliphatic carbocycles. The molecule has 0 fully saturated rings. The summed E-state index contributed by atoms with van der Waals surface area (Å²) in [7, 11) is 0. The van der Waals surface area contributed by atoms with Crippen molar-refractivity contribution in [2.24, 2.45) is 0 Å². The van der Waals surface area contributed by atoms with Crippen LogP contribution in [0.25, 0.3) is 0 Å². The molecule has 2 heteroatoms. The van der Waals surface area contributed by atoms with Crippen LogP contribution in [0.5, 0.6) is 0 Å². The van der Waals surface area contributed by atoms with E-state index in [9.17, 15) is 0 Å². The highest BCUT2D eigenvalue weighted by molar-refractivity contribution is 14.1. The van der Waals surface area contributed by atoms with Crippen molar-refractivity contribution in [3.8, 4) is 0 Å². The zero-order chi connectivity index (χ0) is 4.99. The molecule has 0 aliphatic rings. The van der Waals surface area contributed by atoms with Gasteiger partial charge in [-0.05, 0) is 6.42 Å². The average Bonchev–Trinajstić information content (AvgIpc) is 1.35. The molecule has 0 heterocycles. The molecule has 0 aromatic carbocycles. The first-order valence-corrected chi connectivity index (χ1v) is 4.74. The van der Waals surface area contributed by atoms with Gasteiger partial charge < -0.3 is 0 Å². The molecule has 0 saturated carbocycles. The highest BCUT2D eigenvalue weighted by Gasteiger charge is 1.88. The first kappa shape index (κ1) is 7.46. The number of halogens is 2. The zero-order valence-electron chi connectivity index (χ0n) is 3.75. The van der Waals surface area contributed by atoms with Gasteiger partial charge in [0.25, 0.3) is 0 Å². The molecular weight excluding hydrogens is 302 g/mol.